The molecule has 130 valence electrons. The maximum Gasteiger partial charge on any atom is 0.303 e. The number of carboxylic acids is 1. The number of carbonyl (C=O) groups is 2. The van der Waals surface area contributed by atoms with Gasteiger partial charge in [-0.3, -0.25) is 9.59 Å². The van der Waals surface area contributed by atoms with E-state index in [2.05, 4.69) is 16.0 Å². The van der Waals surface area contributed by atoms with Gasteiger partial charge in [0.25, 0.3) is 5.91 Å². The van der Waals surface area contributed by atoms with E-state index in [1.807, 2.05) is 0 Å². The van der Waals surface area contributed by atoms with Crippen LogP contribution in [-0.4, -0.2) is 38.5 Å². The molecule has 24 heavy (non-hydrogen) atoms. The van der Waals surface area contributed by atoms with Gasteiger partial charge in [0.15, 0.2) is 0 Å². The second-order valence-electron chi connectivity index (χ2n) is 5.02. The number of sulfonamides is 1. The van der Waals surface area contributed by atoms with Gasteiger partial charge in [0.05, 0.1) is 11.4 Å². The second-order valence-corrected chi connectivity index (χ2v) is 6.78. The van der Waals surface area contributed by atoms with Gasteiger partial charge in [-0.1, -0.05) is 18.4 Å². The van der Waals surface area contributed by atoms with Crippen LogP contribution >= 0.6 is 0 Å². The molecule has 0 aliphatic carbocycles. The zero-order valence-corrected chi connectivity index (χ0v) is 13.9. The topological polar surface area (TPSA) is 113 Å². The summed E-state index contributed by atoms with van der Waals surface area (Å²) >= 11 is 0. The molecule has 0 aliphatic rings. The predicted molar refractivity (Wildman–Crippen MR) is 88.9 cm³/mol. The van der Waals surface area contributed by atoms with Crippen molar-refractivity contribution in [1.82, 2.24) is 10.0 Å². The van der Waals surface area contributed by atoms with Crippen LogP contribution in [0.4, 0.5) is 0 Å². The van der Waals surface area contributed by atoms with Gasteiger partial charge in [0.1, 0.15) is 0 Å². The first kappa shape index (κ1) is 19.7. The number of benzene rings is 1. The van der Waals surface area contributed by atoms with Crippen molar-refractivity contribution in [3.8, 4) is 12.3 Å². The first-order valence-corrected chi connectivity index (χ1v) is 8.88. The van der Waals surface area contributed by atoms with Crippen LogP contribution < -0.4 is 10.0 Å². The number of carboxylic acid groups (broad SMARTS) is 1. The molecular formula is C16H20N2O5S. The maximum absolute atomic E-state index is 12.0. The Morgan fingerprint density at radius 2 is 1.96 bits per heavy atom. The van der Waals surface area contributed by atoms with E-state index < -0.39 is 16.0 Å². The summed E-state index contributed by atoms with van der Waals surface area (Å²) in [6, 6.07) is 5.65. The summed E-state index contributed by atoms with van der Waals surface area (Å²) < 4.78 is 26.2. The number of amides is 1. The molecule has 0 saturated carbocycles. The van der Waals surface area contributed by atoms with E-state index in [0.29, 0.717) is 25.8 Å². The summed E-state index contributed by atoms with van der Waals surface area (Å²) in [5, 5.41) is 11.2. The summed E-state index contributed by atoms with van der Waals surface area (Å²) in [6.07, 6.45) is 7.03. The maximum atomic E-state index is 12.0. The van der Waals surface area contributed by atoms with Gasteiger partial charge in [-0.05, 0) is 31.0 Å². The molecule has 7 nitrogen and oxygen atoms in total. The summed E-state index contributed by atoms with van der Waals surface area (Å²) in [7, 11) is -3.75. The number of rotatable bonds is 10. The Morgan fingerprint density at radius 3 is 2.62 bits per heavy atom. The monoisotopic (exact) mass is 352 g/mol. The number of hydrogen-bond acceptors (Lipinski definition) is 4. The lowest BCUT2D eigenvalue weighted by Gasteiger charge is -2.08. The second kappa shape index (κ2) is 9.70. The molecule has 1 amide bonds. The minimum Gasteiger partial charge on any atom is -0.481 e. The lowest BCUT2D eigenvalue weighted by Crippen LogP contribution is -2.26. The highest BCUT2D eigenvalue weighted by molar-refractivity contribution is 7.89. The first-order valence-electron chi connectivity index (χ1n) is 7.40. The van der Waals surface area contributed by atoms with Crippen molar-refractivity contribution in [3.63, 3.8) is 0 Å². The fourth-order valence-corrected chi connectivity index (χ4v) is 2.89. The van der Waals surface area contributed by atoms with E-state index in [1.54, 1.807) is 0 Å². The molecule has 0 saturated heterocycles. The molecule has 3 N–H and O–H groups in total. The normalized spacial score (nSPS) is 10.8. The van der Waals surface area contributed by atoms with Crippen molar-refractivity contribution in [1.29, 1.82) is 0 Å². The third kappa shape index (κ3) is 6.81. The number of terminal acetylenes is 1. The van der Waals surface area contributed by atoms with Crippen molar-refractivity contribution in [2.75, 3.05) is 13.1 Å². The van der Waals surface area contributed by atoms with Crippen LogP contribution in [0.1, 0.15) is 36.0 Å². The van der Waals surface area contributed by atoms with Crippen molar-refractivity contribution in [3.05, 3.63) is 29.8 Å². The van der Waals surface area contributed by atoms with E-state index in [9.17, 15) is 18.0 Å². The highest BCUT2D eigenvalue weighted by Gasteiger charge is 2.15. The molecule has 0 aromatic heterocycles. The van der Waals surface area contributed by atoms with Crippen molar-refractivity contribution in [2.24, 2.45) is 0 Å². The van der Waals surface area contributed by atoms with Crippen LogP contribution in [0.3, 0.4) is 0 Å². The van der Waals surface area contributed by atoms with E-state index in [4.69, 9.17) is 11.5 Å². The molecule has 0 aliphatic heterocycles. The lowest BCUT2D eigenvalue weighted by atomic mass is 10.2. The molecule has 0 radical (unpaired) electrons. The molecule has 0 bridgehead atoms. The molecule has 0 spiro atoms. The van der Waals surface area contributed by atoms with E-state index >= 15 is 0 Å². The Kier molecular flexibility index (Phi) is 7.95. The van der Waals surface area contributed by atoms with Gasteiger partial charge < -0.3 is 10.4 Å². The van der Waals surface area contributed by atoms with Crippen LogP contribution in [0.2, 0.25) is 0 Å². The van der Waals surface area contributed by atoms with Crippen molar-refractivity contribution in [2.45, 2.75) is 30.6 Å². The SMILES string of the molecule is C#CCNS(=O)(=O)c1cccc(C(=O)NCCCCCC(=O)O)c1. The molecule has 8 heteroatoms. The minimum absolute atomic E-state index is 0.0353. The standard InChI is InChI=1S/C16H20N2O5S/c1-2-10-18-24(22,23)14-8-6-7-13(12-14)16(21)17-11-5-3-4-9-15(19)20/h1,6-8,12,18H,3-5,9-11H2,(H,17,21)(H,19,20). The Balaban J connectivity index is 2.55. The third-order valence-electron chi connectivity index (χ3n) is 3.12. The fourth-order valence-electron chi connectivity index (χ4n) is 1.91. The van der Waals surface area contributed by atoms with Gasteiger partial charge in [-0.2, -0.15) is 4.72 Å². The summed E-state index contributed by atoms with van der Waals surface area (Å²) in [5.74, 6) is 0.952. The summed E-state index contributed by atoms with van der Waals surface area (Å²) in [6.45, 7) is 0.264. The van der Waals surface area contributed by atoms with Gasteiger partial charge >= 0.3 is 5.97 Å². The zero-order valence-electron chi connectivity index (χ0n) is 13.1. The van der Waals surface area contributed by atoms with Gasteiger partial charge in [0, 0.05) is 18.5 Å². The van der Waals surface area contributed by atoms with Crippen LogP contribution in [0, 0.1) is 12.3 Å². The fraction of sp³-hybridized carbons (Fsp3) is 0.375. The number of unbranched alkanes of at least 4 members (excludes halogenated alkanes) is 2. The molecule has 1 aromatic carbocycles. The number of carbonyl (C=O) groups excluding carboxylic acids is 1. The highest BCUT2D eigenvalue weighted by Crippen LogP contribution is 2.11. The van der Waals surface area contributed by atoms with Crippen molar-refractivity contribution >= 4 is 21.9 Å². The first-order chi connectivity index (χ1) is 11.4. The Bertz CT molecular complexity index is 722. The lowest BCUT2D eigenvalue weighted by molar-refractivity contribution is -0.137. The predicted octanol–water partition coefficient (Wildman–Crippen LogP) is 0.973. The molecule has 1 aromatic rings. The average molecular weight is 352 g/mol. The number of aliphatic carboxylic acids is 1. The molecule has 0 fully saturated rings. The largest absolute Gasteiger partial charge is 0.481 e. The van der Waals surface area contributed by atoms with Crippen LogP contribution in [-0.2, 0) is 14.8 Å². The Morgan fingerprint density at radius 1 is 1.21 bits per heavy atom. The summed E-state index contributed by atoms with van der Waals surface area (Å²) in [4.78, 5) is 22.4. The van der Waals surface area contributed by atoms with Crippen LogP contribution in [0.15, 0.2) is 29.2 Å². The molecule has 0 unspecified atom stereocenters. The van der Waals surface area contributed by atoms with Crippen LogP contribution in [0.25, 0.3) is 0 Å². The molecule has 0 heterocycles. The quantitative estimate of drug-likeness (QED) is 0.429. The Labute approximate surface area is 141 Å². The van der Waals surface area contributed by atoms with Crippen molar-refractivity contribution < 1.29 is 23.1 Å². The van der Waals surface area contributed by atoms with E-state index in [1.165, 1.54) is 24.3 Å². The van der Waals surface area contributed by atoms with Gasteiger partial charge in [-0.15, -0.1) is 6.42 Å². The third-order valence-corrected chi connectivity index (χ3v) is 4.52. The molecule has 1 rings (SSSR count). The number of nitrogens with one attached hydrogen (secondary N) is 2. The average Bonchev–Trinajstić information content (AvgIpc) is 2.55. The van der Waals surface area contributed by atoms with E-state index in [0.717, 1.165) is 0 Å². The highest BCUT2D eigenvalue weighted by atomic mass is 32.2. The van der Waals surface area contributed by atoms with Crippen LogP contribution in [0.5, 0.6) is 0 Å². The number of hydrogen-bond donors (Lipinski definition) is 3. The molecular weight excluding hydrogens is 332 g/mol. The van der Waals surface area contributed by atoms with Gasteiger partial charge in [0.2, 0.25) is 10.0 Å². The Hall–Kier alpha value is -2.37. The van der Waals surface area contributed by atoms with Gasteiger partial charge in [-0.25, -0.2) is 8.42 Å². The smallest absolute Gasteiger partial charge is 0.303 e. The minimum atomic E-state index is -3.75. The van der Waals surface area contributed by atoms with E-state index in [-0.39, 0.29) is 29.3 Å². The zero-order chi connectivity index (χ0) is 18.0. The summed E-state index contributed by atoms with van der Waals surface area (Å²) in [5.41, 5.74) is 0.226. The molecule has 0 atom stereocenters.